The lowest BCUT2D eigenvalue weighted by molar-refractivity contribution is 0.375. The van der Waals surface area contributed by atoms with Crippen LogP contribution in [0.15, 0.2) is 0 Å². The van der Waals surface area contributed by atoms with E-state index in [0.29, 0.717) is 5.95 Å². The summed E-state index contributed by atoms with van der Waals surface area (Å²) in [6.45, 7) is 3.82. The molecule has 2 N–H and O–H groups in total. The molecule has 6 heteroatoms. The molecule has 2 heterocycles. The Bertz CT molecular complexity index is 365. The van der Waals surface area contributed by atoms with Gasteiger partial charge in [-0.05, 0) is 26.9 Å². The maximum Gasteiger partial charge on any atom is 0.246 e. The summed E-state index contributed by atoms with van der Waals surface area (Å²) in [7, 11) is 4.09. The smallest absolute Gasteiger partial charge is 0.246 e. The van der Waals surface area contributed by atoms with E-state index >= 15 is 0 Å². The van der Waals surface area contributed by atoms with E-state index in [1.54, 1.807) is 4.68 Å². The molecule has 1 aliphatic heterocycles. The van der Waals surface area contributed by atoms with Gasteiger partial charge in [0.2, 0.25) is 11.9 Å². The summed E-state index contributed by atoms with van der Waals surface area (Å²) in [5, 5.41) is 4.53. The molecule has 0 aliphatic carbocycles. The third-order valence-corrected chi connectivity index (χ3v) is 3.34. The van der Waals surface area contributed by atoms with Crippen molar-refractivity contribution in [2.75, 3.05) is 44.4 Å². The number of rotatable bonds is 4. The molecule has 1 aliphatic rings. The van der Waals surface area contributed by atoms with Gasteiger partial charge in [0.05, 0.1) is 6.54 Å². The Labute approximate surface area is 109 Å². The van der Waals surface area contributed by atoms with Crippen LogP contribution in [-0.2, 0) is 6.54 Å². The molecule has 0 bridgehead atoms. The first-order valence-corrected chi connectivity index (χ1v) is 6.77. The Kier molecular flexibility index (Phi) is 4.41. The number of hydrogen-bond donors (Lipinski definition) is 1. The zero-order valence-electron chi connectivity index (χ0n) is 11.5. The number of aromatic nitrogens is 3. The standard InChI is InChI=1S/C12H24N6/c1-16(2)9-10-18-11(13)14-12(15-18)17-7-5-3-4-6-8-17/h3-10H2,1-2H3,(H2,13,14,15). The zero-order chi connectivity index (χ0) is 13.0. The maximum atomic E-state index is 5.92. The van der Waals surface area contributed by atoms with Gasteiger partial charge in [0.15, 0.2) is 0 Å². The van der Waals surface area contributed by atoms with Gasteiger partial charge in [-0.1, -0.05) is 12.8 Å². The molecule has 0 saturated carbocycles. The van der Waals surface area contributed by atoms with E-state index in [1.807, 2.05) is 14.1 Å². The molecule has 0 aromatic carbocycles. The second kappa shape index (κ2) is 6.04. The van der Waals surface area contributed by atoms with Crippen LogP contribution in [0.5, 0.6) is 0 Å². The van der Waals surface area contributed by atoms with Crippen LogP contribution >= 0.6 is 0 Å². The summed E-state index contributed by atoms with van der Waals surface area (Å²) >= 11 is 0. The third-order valence-electron chi connectivity index (χ3n) is 3.34. The average molecular weight is 252 g/mol. The molecule has 0 spiro atoms. The molecule has 102 valence electrons. The third kappa shape index (κ3) is 3.35. The average Bonchev–Trinajstić information content (AvgIpc) is 2.55. The fourth-order valence-electron chi connectivity index (χ4n) is 2.21. The van der Waals surface area contributed by atoms with Crippen LogP contribution in [0.4, 0.5) is 11.9 Å². The summed E-state index contributed by atoms with van der Waals surface area (Å²) in [5.41, 5.74) is 5.92. The monoisotopic (exact) mass is 252 g/mol. The molecular weight excluding hydrogens is 228 g/mol. The predicted octanol–water partition coefficient (Wildman–Crippen LogP) is 0.802. The molecule has 2 rings (SSSR count). The van der Waals surface area contributed by atoms with E-state index < -0.39 is 0 Å². The molecule has 1 aromatic heterocycles. The molecule has 1 aromatic rings. The van der Waals surface area contributed by atoms with E-state index in [-0.39, 0.29) is 0 Å². The Morgan fingerprint density at radius 1 is 1.17 bits per heavy atom. The van der Waals surface area contributed by atoms with E-state index in [0.717, 1.165) is 32.1 Å². The van der Waals surface area contributed by atoms with E-state index in [1.165, 1.54) is 25.7 Å². The minimum atomic E-state index is 0.524. The van der Waals surface area contributed by atoms with Gasteiger partial charge < -0.3 is 15.5 Å². The van der Waals surface area contributed by atoms with Crippen molar-refractivity contribution in [2.45, 2.75) is 32.2 Å². The number of anilines is 2. The molecule has 0 amide bonds. The fourth-order valence-corrected chi connectivity index (χ4v) is 2.21. The largest absolute Gasteiger partial charge is 0.368 e. The second-order valence-corrected chi connectivity index (χ2v) is 5.20. The van der Waals surface area contributed by atoms with E-state index in [4.69, 9.17) is 5.73 Å². The number of likely N-dealkylation sites (N-methyl/N-ethyl adjacent to an activating group) is 1. The van der Waals surface area contributed by atoms with Gasteiger partial charge in [0.1, 0.15) is 0 Å². The molecule has 6 nitrogen and oxygen atoms in total. The number of hydrogen-bond acceptors (Lipinski definition) is 5. The predicted molar refractivity (Wildman–Crippen MR) is 73.7 cm³/mol. The van der Waals surface area contributed by atoms with Crippen LogP contribution in [0.25, 0.3) is 0 Å². The van der Waals surface area contributed by atoms with Gasteiger partial charge in [-0.3, -0.25) is 0 Å². The minimum absolute atomic E-state index is 0.524. The van der Waals surface area contributed by atoms with Crippen molar-refractivity contribution in [1.82, 2.24) is 19.7 Å². The first kappa shape index (κ1) is 13.1. The van der Waals surface area contributed by atoms with E-state index in [2.05, 4.69) is 19.9 Å². The van der Waals surface area contributed by atoms with E-state index in [9.17, 15) is 0 Å². The topological polar surface area (TPSA) is 63.2 Å². The molecule has 1 saturated heterocycles. The zero-order valence-corrected chi connectivity index (χ0v) is 11.5. The number of nitrogens with two attached hydrogens (primary N) is 1. The highest BCUT2D eigenvalue weighted by molar-refractivity contribution is 5.35. The van der Waals surface area contributed by atoms with Gasteiger partial charge in [-0.25, -0.2) is 4.68 Å². The van der Waals surface area contributed by atoms with Crippen LogP contribution in [0.2, 0.25) is 0 Å². The Morgan fingerprint density at radius 2 is 1.83 bits per heavy atom. The van der Waals surface area contributed by atoms with Crippen LogP contribution < -0.4 is 10.6 Å². The molecule has 0 atom stereocenters. The van der Waals surface area contributed by atoms with Gasteiger partial charge in [0.25, 0.3) is 0 Å². The van der Waals surface area contributed by atoms with Crippen LogP contribution in [0.1, 0.15) is 25.7 Å². The summed E-state index contributed by atoms with van der Waals surface area (Å²) < 4.78 is 1.81. The fraction of sp³-hybridized carbons (Fsp3) is 0.833. The lowest BCUT2D eigenvalue weighted by Crippen LogP contribution is -2.25. The Hall–Kier alpha value is -1.30. The highest BCUT2D eigenvalue weighted by Gasteiger charge is 2.15. The molecule has 18 heavy (non-hydrogen) atoms. The summed E-state index contributed by atoms with van der Waals surface area (Å²) in [6.07, 6.45) is 5.08. The van der Waals surface area contributed by atoms with Crippen molar-refractivity contribution in [2.24, 2.45) is 0 Å². The summed E-state index contributed by atoms with van der Waals surface area (Å²) in [6, 6.07) is 0. The summed E-state index contributed by atoms with van der Waals surface area (Å²) in [4.78, 5) is 8.77. The van der Waals surface area contributed by atoms with Gasteiger partial charge in [-0.2, -0.15) is 4.98 Å². The van der Waals surface area contributed by atoms with Crippen molar-refractivity contribution in [3.8, 4) is 0 Å². The van der Waals surface area contributed by atoms with Crippen molar-refractivity contribution in [1.29, 1.82) is 0 Å². The van der Waals surface area contributed by atoms with Crippen molar-refractivity contribution in [3.05, 3.63) is 0 Å². The normalized spacial score (nSPS) is 17.2. The molecule has 0 radical (unpaired) electrons. The first-order chi connectivity index (χ1) is 8.66. The second-order valence-electron chi connectivity index (χ2n) is 5.20. The highest BCUT2D eigenvalue weighted by Crippen LogP contribution is 2.16. The van der Waals surface area contributed by atoms with Crippen molar-refractivity contribution < 1.29 is 0 Å². The molecular formula is C12H24N6. The van der Waals surface area contributed by atoms with Crippen LogP contribution in [0.3, 0.4) is 0 Å². The summed E-state index contributed by atoms with van der Waals surface area (Å²) in [5.74, 6) is 1.32. The maximum absolute atomic E-state index is 5.92. The molecule has 0 unspecified atom stereocenters. The number of nitrogen functional groups attached to an aromatic ring is 1. The minimum Gasteiger partial charge on any atom is -0.368 e. The lowest BCUT2D eigenvalue weighted by Gasteiger charge is -2.17. The van der Waals surface area contributed by atoms with Crippen LogP contribution in [0, 0.1) is 0 Å². The highest BCUT2D eigenvalue weighted by atomic mass is 15.5. The van der Waals surface area contributed by atoms with Gasteiger partial charge in [-0.15, -0.1) is 5.10 Å². The first-order valence-electron chi connectivity index (χ1n) is 6.77. The molecule has 1 fully saturated rings. The Morgan fingerprint density at radius 3 is 2.44 bits per heavy atom. The van der Waals surface area contributed by atoms with Gasteiger partial charge >= 0.3 is 0 Å². The van der Waals surface area contributed by atoms with Crippen LogP contribution in [-0.4, -0.2) is 53.4 Å². The number of nitrogens with zero attached hydrogens (tertiary/aromatic N) is 5. The van der Waals surface area contributed by atoms with Gasteiger partial charge in [0, 0.05) is 19.6 Å². The quantitative estimate of drug-likeness (QED) is 0.859. The van der Waals surface area contributed by atoms with Crippen molar-refractivity contribution in [3.63, 3.8) is 0 Å². The Balaban J connectivity index is 2.02. The SMILES string of the molecule is CN(C)CCn1nc(N2CCCCCC2)nc1N. The lowest BCUT2D eigenvalue weighted by atomic mass is 10.2. The van der Waals surface area contributed by atoms with Crippen molar-refractivity contribution >= 4 is 11.9 Å².